The second-order valence-corrected chi connectivity index (χ2v) is 10.5. The number of fused-ring (bicyclic) bond motifs is 2. The Labute approximate surface area is 232 Å². The van der Waals surface area contributed by atoms with Crippen molar-refractivity contribution >= 4 is 62.6 Å². The number of carbonyl (C=O) groups excluding carboxylic acids is 2. The van der Waals surface area contributed by atoms with Crippen LogP contribution in [0, 0.1) is 0 Å². The van der Waals surface area contributed by atoms with E-state index < -0.39 is 11.8 Å². The van der Waals surface area contributed by atoms with Gasteiger partial charge in [0.05, 0.1) is 5.69 Å². The number of hydrogen-bond acceptors (Lipinski definition) is 3. The van der Waals surface area contributed by atoms with Crippen LogP contribution in [0.3, 0.4) is 0 Å². The topological polar surface area (TPSA) is 54.3 Å². The van der Waals surface area contributed by atoms with Crippen LogP contribution in [-0.4, -0.2) is 21.5 Å². The Hall–Kier alpha value is -4.55. The molecule has 1 saturated heterocycles. The molecule has 2 amide bonds. The Balaban J connectivity index is 1.37. The summed E-state index contributed by atoms with van der Waals surface area (Å²) in [7, 11) is 0. The molecule has 5 nitrogen and oxygen atoms in total. The van der Waals surface area contributed by atoms with E-state index in [0.717, 1.165) is 22.0 Å². The summed E-state index contributed by atoms with van der Waals surface area (Å²) in [6.07, 6.45) is 3.68. The molecule has 5 aromatic rings. The third-order valence-electron chi connectivity index (χ3n) is 7.21. The maximum Gasteiger partial charge on any atom is 0.270 e. The highest BCUT2D eigenvalue weighted by atomic mass is 32.1. The van der Waals surface area contributed by atoms with Gasteiger partial charge in [-0.15, -0.1) is 0 Å². The highest BCUT2D eigenvalue weighted by Crippen LogP contribution is 2.28. The van der Waals surface area contributed by atoms with E-state index in [0.29, 0.717) is 18.2 Å². The summed E-state index contributed by atoms with van der Waals surface area (Å²) in [5.41, 5.74) is 4.82. The van der Waals surface area contributed by atoms with E-state index in [1.54, 1.807) is 6.08 Å². The molecule has 0 atom stereocenters. The number of thiocarbonyl (C=S) groups is 1. The van der Waals surface area contributed by atoms with Gasteiger partial charge in [0.25, 0.3) is 11.8 Å². The summed E-state index contributed by atoms with van der Waals surface area (Å²) in [5.74, 6) is -0.566. The van der Waals surface area contributed by atoms with Crippen LogP contribution in [0.1, 0.15) is 36.5 Å². The molecule has 2 heterocycles. The zero-order chi connectivity index (χ0) is 27.1. The molecule has 6 heteroatoms. The predicted octanol–water partition coefficient (Wildman–Crippen LogP) is 6.80. The number of benzene rings is 4. The summed E-state index contributed by atoms with van der Waals surface area (Å²) in [4.78, 5) is 28.0. The fraction of sp³-hybridized carbons (Fsp3) is 0.121. The van der Waals surface area contributed by atoms with E-state index in [9.17, 15) is 9.59 Å². The van der Waals surface area contributed by atoms with E-state index in [1.807, 2.05) is 60.8 Å². The van der Waals surface area contributed by atoms with Gasteiger partial charge >= 0.3 is 0 Å². The lowest BCUT2D eigenvalue weighted by molar-refractivity contribution is -0.122. The maximum atomic E-state index is 13.6. The van der Waals surface area contributed by atoms with Crippen LogP contribution in [0.15, 0.2) is 103 Å². The molecule has 1 fully saturated rings. The van der Waals surface area contributed by atoms with Crippen LogP contribution in [0.4, 0.5) is 5.69 Å². The van der Waals surface area contributed by atoms with E-state index in [-0.39, 0.29) is 10.7 Å². The molecule has 1 N–H and O–H groups in total. The lowest BCUT2D eigenvalue weighted by Crippen LogP contribution is -2.54. The second-order valence-electron chi connectivity index (χ2n) is 10.1. The number of amides is 2. The first-order chi connectivity index (χ1) is 18.9. The molecule has 39 heavy (non-hydrogen) atoms. The number of nitrogens with one attached hydrogen (secondary N) is 1. The molecule has 0 aliphatic carbocycles. The second kappa shape index (κ2) is 9.97. The highest BCUT2D eigenvalue weighted by Gasteiger charge is 2.34. The zero-order valence-electron chi connectivity index (χ0n) is 21.7. The number of para-hydroxylation sites is 1. The van der Waals surface area contributed by atoms with Crippen molar-refractivity contribution in [2.45, 2.75) is 26.3 Å². The summed E-state index contributed by atoms with van der Waals surface area (Å²) in [6.45, 7) is 4.89. The van der Waals surface area contributed by atoms with Gasteiger partial charge in [-0.05, 0) is 70.4 Å². The lowest BCUT2D eigenvalue weighted by atomic mass is 10.0. The molecule has 0 bridgehead atoms. The first-order valence-corrected chi connectivity index (χ1v) is 13.4. The van der Waals surface area contributed by atoms with Crippen LogP contribution >= 0.6 is 12.2 Å². The van der Waals surface area contributed by atoms with Crippen LogP contribution in [-0.2, 0) is 16.1 Å². The number of aromatic nitrogens is 1. The summed E-state index contributed by atoms with van der Waals surface area (Å²) in [6, 6.07) is 30.5. The zero-order valence-corrected chi connectivity index (χ0v) is 22.5. The molecular weight excluding hydrogens is 502 g/mol. The number of hydrogen-bond donors (Lipinski definition) is 1. The van der Waals surface area contributed by atoms with Gasteiger partial charge in [0, 0.05) is 29.2 Å². The normalized spacial score (nSPS) is 15.1. The van der Waals surface area contributed by atoms with Gasteiger partial charge in [-0.1, -0.05) is 80.6 Å². The fourth-order valence-corrected chi connectivity index (χ4v) is 5.39. The molecule has 1 aromatic heterocycles. The summed E-state index contributed by atoms with van der Waals surface area (Å²) >= 11 is 5.39. The largest absolute Gasteiger partial charge is 0.342 e. The molecular formula is C33H27N3O2S. The van der Waals surface area contributed by atoms with Gasteiger partial charge in [0.1, 0.15) is 5.57 Å². The fourth-order valence-electron chi connectivity index (χ4n) is 5.11. The van der Waals surface area contributed by atoms with Gasteiger partial charge in [-0.2, -0.15) is 0 Å². The molecule has 192 valence electrons. The van der Waals surface area contributed by atoms with Gasteiger partial charge in [-0.25, -0.2) is 0 Å². The minimum atomic E-state index is -0.494. The molecule has 1 aliphatic rings. The van der Waals surface area contributed by atoms with Crippen molar-refractivity contribution in [1.82, 2.24) is 9.88 Å². The molecule has 6 rings (SSSR count). The van der Waals surface area contributed by atoms with Gasteiger partial charge in [0.15, 0.2) is 5.11 Å². The Kier molecular flexibility index (Phi) is 6.33. The summed E-state index contributed by atoms with van der Waals surface area (Å²) < 4.78 is 2.16. The minimum Gasteiger partial charge on any atom is -0.342 e. The maximum absolute atomic E-state index is 13.6. The van der Waals surface area contributed by atoms with Gasteiger partial charge in [-0.3, -0.25) is 19.8 Å². The SMILES string of the molecule is CC(C)c1ccc(N2C(=O)/C(=C/c3cn(Cc4ccc5ccccc5c4)c4ccccc34)C(=O)NC2=S)cc1. The number of rotatable bonds is 5. The van der Waals surface area contributed by atoms with Crippen molar-refractivity contribution in [1.29, 1.82) is 0 Å². The smallest absolute Gasteiger partial charge is 0.270 e. The van der Waals surface area contributed by atoms with E-state index in [2.05, 4.69) is 60.1 Å². The third kappa shape index (κ3) is 4.64. The van der Waals surface area contributed by atoms with Crippen molar-refractivity contribution < 1.29 is 9.59 Å². The van der Waals surface area contributed by atoms with Crippen LogP contribution in [0.2, 0.25) is 0 Å². The van der Waals surface area contributed by atoms with Crippen molar-refractivity contribution in [3.63, 3.8) is 0 Å². The standard InChI is InChI=1S/C33H27N3O2S/c1-21(2)23-13-15-27(16-14-23)36-32(38)29(31(37)34-33(36)39)18-26-20-35(30-10-6-5-9-28(26)30)19-22-11-12-24-7-3-4-8-25(24)17-22/h3-18,20-21H,19H2,1-2H3,(H,34,37,39)/b29-18+. The van der Waals surface area contributed by atoms with Crippen molar-refractivity contribution in [3.05, 3.63) is 119 Å². The Morgan fingerprint density at radius 3 is 2.36 bits per heavy atom. The minimum absolute atomic E-state index is 0.0464. The number of anilines is 1. The van der Waals surface area contributed by atoms with Gasteiger partial charge < -0.3 is 4.57 Å². The number of carbonyl (C=O) groups is 2. The molecule has 4 aromatic carbocycles. The lowest BCUT2D eigenvalue weighted by Gasteiger charge is -2.29. The third-order valence-corrected chi connectivity index (χ3v) is 7.49. The molecule has 0 unspecified atom stereocenters. The van der Waals surface area contributed by atoms with E-state index in [4.69, 9.17) is 12.2 Å². The average molecular weight is 530 g/mol. The molecule has 0 spiro atoms. The van der Waals surface area contributed by atoms with Crippen molar-refractivity contribution in [2.24, 2.45) is 0 Å². The van der Waals surface area contributed by atoms with Gasteiger partial charge in [0.2, 0.25) is 0 Å². The highest BCUT2D eigenvalue weighted by molar-refractivity contribution is 7.80. The molecule has 0 saturated carbocycles. The quantitative estimate of drug-likeness (QED) is 0.155. The molecule has 1 aliphatic heterocycles. The monoisotopic (exact) mass is 529 g/mol. The average Bonchev–Trinajstić information content (AvgIpc) is 3.28. The van der Waals surface area contributed by atoms with Crippen molar-refractivity contribution in [3.8, 4) is 0 Å². The number of nitrogens with zero attached hydrogens (tertiary/aromatic N) is 2. The Morgan fingerprint density at radius 2 is 1.59 bits per heavy atom. The van der Waals surface area contributed by atoms with Crippen LogP contribution in [0.5, 0.6) is 0 Å². The van der Waals surface area contributed by atoms with E-state index >= 15 is 0 Å². The Morgan fingerprint density at radius 1 is 0.872 bits per heavy atom. The van der Waals surface area contributed by atoms with Crippen LogP contribution in [0.25, 0.3) is 27.8 Å². The summed E-state index contributed by atoms with van der Waals surface area (Å²) in [5, 5.41) is 6.14. The van der Waals surface area contributed by atoms with Crippen LogP contribution < -0.4 is 10.2 Å². The van der Waals surface area contributed by atoms with E-state index in [1.165, 1.54) is 21.2 Å². The first-order valence-electron chi connectivity index (χ1n) is 13.0. The van der Waals surface area contributed by atoms with Crippen molar-refractivity contribution in [2.75, 3.05) is 4.90 Å². The Bertz CT molecular complexity index is 1800. The molecule has 0 radical (unpaired) electrons. The first kappa shape index (κ1) is 24.8. The predicted molar refractivity (Wildman–Crippen MR) is 162 cm³/mol.